The van der Waals surface area contributed by atoms with Crippen LogP contribution in [0.3, 0.4) is 0 Å². The summed E-state index contributed by atoms with van der Waals surface area (Å²) in [4.78, 5) is 16.9. The first-order valence-corrected chi connectivity index (χ1v) is 11.1. The summed E-state index contributed by atoms with van der Waals surface area (Å²) in [5, 5.41) is 0. The zero-order valence-corrected chi connectivity index (χ0v) is 18.5. The number of ether oxygens (including phenoxy) is 2. The molecule has 0 aliphatic heterocycles. The third-order valence-electron chi connectivity index (χ3n) is 5.10. The van der Waals surface area contributed by atoms with E-state index in [0.29, 0.717) is 17.9 Å². The van der Waals surface area contributed by atoms with Gasteiger partial charge in [0.05, 0.1) is 17.9 Å². The highest BCUT2D eigenvalue weighted by Gasteiger charge is 2.09. The molecule has 0 bridgehead atoms. The zero-order chi connectivity index (χ0) is 21.9. The average Bonchev–Trinajstić information content (AvgIpc) is 2.82. The van der Waals surface area contributed by atoms with Gasteiger partial charge < -0.3 is 9.47 Å². The number of benzene rings is 2. The first kappa shape index (κ1) is 22.7. The van der Waals surface area contributed by atoms with E-state index in [1.165, 1.54) is 5.56 Å². The van der Waals surface area contributed by atoms with Crippen LogP contribution in [0.2, 0.25) is 0 Å². The molecule has 4 heteroatoms. The van der Waals surface area contributed by atoms with Crippen molar-refractivity contribution in [3.63, 3.8) is 0 Å². The molecule has 0 N–H and O–H groups in total. The van der Waals surface area contributed by atoms with Crippen molar-refractivity contribution in [2.45, 2.75) is 52.6 Å². The van der Waals surface area contributed by atoms with Gasteiger partial charge in [0, 0.05) is 18.4 Å². The molecule has 3 aromatic rings. The Hall–Kier alpha value is -2.98. The number of aryl methyl sites for hydroxylation is 1. The maximum Gasteiger partial charge on any atom is 0.343 e. The van der Waals surface area contributed by atoms with E-state index in [1.54, 1.807) is 12.1 Å². The van der Waals surface area contributed by atoms with Crippen LogP contribution in [0, 0.1) is 0 Å². The molecule has 0 fully saturated rings. The van der Waals surface area contributed by atoms with E-state index in [1.807, 2.05) is 54.7 Å². The van der Waals surface area contributed by atoms with Gasteiger partial charge in [0.1, 0.15) is 5.75 Å². The highest BCUT2D eigenvalue weighted by molar-refractivity contribution is 5.91. The quantitative estimate of drug-likeness (QED) is 0.200. The summed E-state index contributed by atoms with van der Waals surface area (Å²) in [5.74, 6) is 0.171. The van der Waals surface area contributed by atoms with E-state index in [2.05, 4.69) is 18.8 Å². The van der Waals surface area contributed by atoms with Crippen LogP contribution in [0.25, 0.3) is 11.3 Å². The summed E-state index contributed by atoms with van der Waals surface area (Å²) < 4.78 is 11.1. The average molecular weight is 418 g/mol. The highest BCUT2D eigenvalue weighted by atomic mass is 16.5. The Morgan fingerprint density at radius 1 is 0.839 bits per heavy atom. The molecule has 0 saturated carbocycles. The third-order valence-corrected chi connectivity index (χ3v) is 5.10. The lowest BCUT2D eigenvalue weighted by molar-refractivity contribution is 0.0735. The SMILES string of the molecule is CCCCOCc1ccc(-c2ccc(OC(=O)c3ccc(CCCC)cc3)cc2)nc1. The maximum atomic E-state index is 12.4. The molecule has 0 spiro atoms. The first-order valence-electron chi connectivity index (χ1n) is 11.1. The molecule has 162 valence electrons. The summed E-state index contributed by atoms with van der Waals surface area (Å²) in [5.41, 5.74) is 4.71. The number of carbonyl (C=O) groups is 1. The third kappa shape index (κ3) is 7.04. The van der Waals surface area contributed by atoms with Gasteiger partial charge in [-0.3, -0.25) is 4.98 Å². The summed E-state index contributed by atoms with van der Waals surface area (Å²) in [6, 6.07) is 19.1. The van der Waals surface area contributed by atoms with E-state index in [4.69, 9.17) is 9.47 Å². The number of pyridine rings is 1. The second-order valence-corrected chi connectivity index (χ2v) is 7.67. The summed E-state index contributed by atoms with van der Waals surface area (Å²) >= 11 is 0. The molecular formula is C27H31NO3. The normalized spacial score (nSPS) is 10.8. The van der Waals surface area contributed by atoms with Crippen LogP contribution >= 0.6 is 0 Å². The minimum atomic E-state index is -0.347. The van der Waals surface area contributed by atoms with Crippen molar-refractivity contribution in [1.29, 1.82) is 0 Å². The molecule has 1 aromatic heterocycles. The lowest BCUT2D eigenvalue weighted by Gasteiger charge is -2.07. The van der Waals surface area contributed by atoms with E-state index < -0.39 is 0 Å². The van der Waals surface area contributed by atoms with E-state index in [-0.39, 0.29) is 5.97 Å². The molecule has 1 heterocycles. The summed E-state index contributed by atoms with van der Waals surface area (Å²) in [7, 11) is 0. The van der Waals surface area contributed by atoms with Crippen LogP contribution < -0.4 is 4.74 Å². The van der Waals surface area contributed by atoms with Gasteiger partial charge in [-0.05, 0) is 72.9 Å². The van der Waals surface area contributed by atoms with Crippen LogP contribution in [0.1, 0.15) is 61.0 Å². The largest absolute Gasteiger partial charge is 0.423 e. The highest BCUT2D eigenvalue weighted by Crippen LogP contribution is 2.22. The van der Waals surface area contributed by atoms with Crippen LogP contribution in [0.15, 0.2) is 66.9 Å². The van der Waals surface area contributed by atoms with Crippen LogP contribution in [0.5, 0.6) is 5.75 Å². The van der Waals surface area contributed by atoms with Crippen molar-refractivity contribution >= 4 is 5.97 Å². The van der Waals surface area contributed by atoms with Crippen molar-refractivity contribution in [3.05, 3.63) is 83.6 Å². The van der Waals surface area contributed by atoms with Crippen molar-refractivity contribution in [3.8, 4) is 17.0 Å². The Morgan fingerprint density at radius 2 is 1.55 bits per heavy atom. The van der Waals surface area contributed by atoms with Gasteiger partial charge in [-0.25, -0.2) is 4.79 Å². The molecule has 0 saturated heterocycles. The van der Waals surface area contributed by atoms with Gasteiger partial charge in [-0.2, -0.15) is 0 Å². The Bertz CT molecular complexity index is 932. The van der Waals surface area contributed by atoms with E-state index in [0.717, 1.165) is 55.5 Å². The fourth-order valence-corrected chi connectivity index (χ4v) is 3.17. The molecule has 0 amide bonds. The molecule has 0 unspecified atom stereocenters. The number of carbonyl (C=O) groups excluding carboxylic acids is 1. The standard InChI is InChI=1S/C27H31NO3/c1-3-5-7-21-8-11-24(12-9-21)27(29)31-25-15-13-23(14-16-25)26-17-10-22(19-28-26)20-30-18-6-4-2/h8-17,19H,3-7,18,20H2,1-2H3. The fraction of sp³-hybridized carbons (Fsp3) is 0.333. The number of aromatic nitrogens is 1. The molecule has 2 aromatic carbocycles. The number of esters is 1. The van der Waals surface area contributed by atoms with Gasteiger partial charge >= 0.3 is 5.97 Å². The number of hydrogen-bond donors (Lipinski definition) is 0. The fourth-order valence-electron chi connectivity index (χ4n) is 3.17. The van der Waals surface area contributed by atoms with Gasteiger partial charge in [-0.15, -0.1) is 0 Å². The molecule has 0 atom stereocenters. The van der Waals surface area contributed by atoms with E-state index in [9.17, 15) is 4.79 Å². The minimum Gasteiger partial charge on any atom is -0.423 e. The molecule has 4 nitrogen and oxygen atoms in total. The number of nitrogens with zero attached hydrogens (tertiary/aromatic N) is 1. The lowest BCUT2D eigenvalue weighted by atomic mass is 10.1. The Morgan fingerprint density at radius 3 is 2.19 bits per heavy atom. The van der Waals surface area contributed by atoms with Crippen molar-refractivity contribution in [2.75, 3.05) is 6.61 Å². The number of hydrogen-bond acceptors (Lipinski definition) is 4. The summed E-state index contributed by atoms with van der Waals surface area (Å²) in [6.07, 6.45) is 7.40. The second-order valence-electron chi connectivity index (χ2n) is 7.67. The topological polar surface area (TPSA) is 48.4 Å². The molecular weight excluding hydrogens is 386 g/mol. The predicted octanol–water partition coefficient (Wildman–Crippen LogP) is 6.63. The number of unbranched alkanes of at least 4 members (excludes halogenated alkanes) is 2. The Balaban J connectivity index is 1.55. The summed E-state index contributed by atoms with van der Waals surface area (Å²) in [6.45, 7) is 5.69. The Kier molecular flexibility index (Phi) is 8.80. The maximum absolute atomic E-state index is 12.4. The molecule has 3 rings (SSSR count). The van der Waals surface area contributed by atoms with Crippen molar-refractivity contribution in [2.24, 2.45) is 0 Å². The molecule has 0 aliphatic carbocycles. The monoisotopic (exact) mass is 417 g/mol. The Labute approximate surface area is 185 Å². The van der Waals surface area contributed by atoms with E-state index >= 15 is 0 Å². The molecule has 0 radical (unpaired) electrons. The van der Waals surface area contributed by atoms with Gasteiger partial charge in [0.2, 0.25) is 0 Å². The second kappa shape index (κ2) is 12.0. The van der Waals surface area contributed by atoms with Crippen molar-refractivity contribution < 1.29 is 14.3 Å². The lowest BCUT2D eigenvalue weighted by Crippen LogP contribution is -2.08. The van der Waals surface area contributed by atoms with Crippen LogP contribution in [-0.2, 0) is 17.8 Å². The van der Waals surface area contributed by atoms with Crippen LogP contribution in [0.4, 0.5) is 0 Å². The molecule has 31 heavy (non-hydrogen) atoms. The van der Waals surface area contributed by atoms with Crippen molar-refractivity contribution in [1.82, 2.24) is 4.98 Å². The number of rotatable bonds is 11. The predicted molar refractivity (Wildman–Crippen MR) is 124 cm³/mol. The van der Waals surface area contributed by atoms with Gasteiger partial charge in [0.15, 0.2) is 0 Å². The zero-order valence-electron chi connectivity index (χ0n) is 18.5. The van der Waals surface area contributed by atoms with Crippen LogP contribution in [-0.4, -0.2) is 17.6 Å². The first-order chi connectivity index (χ1) is 15.2. The van der Waals surface area contributed by atoms with Gasteiger partial charge in [0.25, 0.3) is 0 Å². The smallest absolute Gasteiger partial charge is 0.343 e. The van der Waals surface area contributed by atoms with Gasteiger partial charge in [-0.1, -0.05) is 44.9 Å². The molecule has 0 aliphatic rings. The minimum absolute atomic E-state index is 0.347.